The molecule has 0 spiro atoms. The van der Waals surface area contributed by atoms with Gasteiger partial charge in [-0.3, -0.25) is 9.59 Å². The van der Waals surface area contributed by atoms with Crippen LogP contribution in [0.2, 0.25) is 0 Å². The highest BCUT2D eigenvalue weighted by Crippen LogP contribution is 2.33. The summed E-state index contributed by atoms with van der Waals surface area (Å²) in [5, 5.41) is 3.46. The van der Waals surface area contributed by atoms with Crippen molar-refractivity contribution in [1.82, 2.24) is 5.32 Å². The number of nitrogens with one attached hydrogen (secondary N) is 1. The smallest absolute Gasteiger partial charge is 0.253 e. The normalized spacial score (nSPS) is 11.9. The van der Waals surface area contributed by atoms with Crippen LogP contribution in [0.1, 0.15) is 27.7 Å². The molecule has 6 heteroatoms. The molecule has 0 saturated carbocycles. The number of primary amides is 1. The molecule has 3 aromatic rings. The fourth-order valence-corrected chi connectivity index (χ4v) is 3.69. The van der Waals surface area contributed by atoms with Gasteiger partial charge >= 0.3 is 0 Å². The molecule has 0 aliphatic heterocycles. The zero-order valence-electron chi connectivity index (χ0n) is 14.6. The van der Waals surface area contributed by atoms with Crippen molar-refractivity contribution in [3.05, 3.63) is 64.5 Å². The molecule has 3 rings (SSSR count). The van der Waals surface area contributed by atoms with E-state index in [2.05, 4.69) is 5.32 Å². The Morgan fingerprint density at radius 3 is 2.62 bits per heavy atom. The van der Waals surface area contributed by atoms with Gasteiger partial charge in [-0.25, -0.2) is 0 Å². The van der Waals surface area contributed by atoms with E-state index < -0.39 is 11.9 Å². The highest BCUT2D eigenvalue weighted by Gasteiger charge is 2.20. The molecule has 0 aliphatic rings. The van der Waals surface area contributed by atoms with Gasteiger partial charge in [0.25, 0.3) is 5.91 Å². The van der Waals surface area contributed by atoms with Gasteiger partial charge in [-0.15, -0.1) is 11.3 Å². The van der Waals surface area contributed by atoms with Crippen molar-refractivity contribution >= 4 is 33.2 Å². The molecule has 3 N–H and O–H groups in total. The lowest BCUT2D eigenvalue weighted by molar-refractivity contribution is -0.119. The molecule has 1 aromatic heterocycles. The molecule has 0 fully saturated rings. The molecular formula is C20H20N2O3S. The van der Waals surface area contributed by atoms with Gasteiger partial charge in [0, 0.05) is 15.0 Å². The number of hydrogen-bond donors (Lipinski definition) is 2. The van der Waals surface area contributed by atoms with Crippen LogP contribution in [0.5, 0.6) is 5.75 Å². The van der Waals surface area contributed by atoms with E-state index in [-0.39, 0.29) is 5.91 Å². The van der Waals surface area contributed by atoms with Gasteiger partial charge in [0.05, 0.1) is 5.56 Å². The van der Waals surface area contributed by atoms with Gasteiger partial charge in [-0.05, 0) is 37.6 Å². The maximum atomic E-state index is 12.6. The molecule has 134 valence electrons. The number of thiophene rings is 1. The Balaban J connectivity index is 1.86. The molecule has 0 bridgehead atoms. The van der Waals surface area contributed by atoms with E-state index in [9.17, 15) is 9.59 Å². The van der Waals surface area contributed by atoms with E-state index in [0.29, 0.717) is 17.9 Å². The van der Waals surface area contributed by atoms with Crippen molar-refractivity contribution in [2.75, 3.05) is 0 Å². The Morgan fingerprint density at radius 1 is 1.19 bits per heavy atom. The predicted octanol–water partition coefficient (Wildman–Crippen LogP) is 3.39. The second-order valence-electron chi connectivity index (χ2n) is 6.06. The van der Waals surface area contributed by atoms with E-state index in [1.807, 2.05) is 55.5 Å². The first-order valence-corrected chi connectivity index (χ1v) is 9.07. The Bertz CT molecular complexity index is 950. The summed E-state index contributed by atoms with van der Waals surface area (Å²) in [6.45, 7) is 3.91. The van der Waals surface area contributed by atoms with Gasteiger partial charge in [0.2, 0.25) is 5.91 Å². The van der Waals surface area contributed by atoms with E-state index in [1.165, 1.54) is 11.3 Å². The van der Waals surface area contributed by atoms with Crippen LogP contribution >= 0.6 is 11.3 Å². The quantitative estimate of drug-likeness (QED) is 0.700. The number of hydrogen-bond acceptors (Lipinski definition) is 4. The lowest BCUT2D eigenvalue weighted by Gasteiger charge is -2.11. The van der Waals surface area contributed by atoms with Crippen LogP contribution in [0.4, 0.5) is 0 Å². The van der Waals surface area contributed by atoms with Crippen LogP contribution < -0.4 is 15.8 Å². The fraction of sp³-hybridized carbons (Fsp3) is 0.200. The molecule has 0 saturated heterocycles. The second-order valence-corrected chi connectivity index (χ2v) is 7.32. The highest BCUT2D eigenvalue weighted by atomic mass is 32.1. The highest BCUT2D eigenvalue weighted by molar-refractivity contribution is 7.19. The average molecular weight is 368 g/mol. The molecule has 2 aromatic carbocycles. The van der Waals surface area contributed by atoms with Gasteiger partial charge < -0.3 is 15.8 Å². The van der Waals surface area contributed by atoms with Crippen LogP contribution in [0.3, 0.4) is 0 Å². The number of benzene rings is 2. The number of amides is 2. The first-order valence-electron chi connectivity index (χ1n) is 8.25. The SMILES string of the molecule is Cc1sc2ccc(OCc3ccccc3)cc2c1C(=O)NC(C)C(N)=O. The van der Waals surface area contributed by atoms with Crippen molar-refractivity contribution in [2.24, 2.45) is 5.73 Å². The summed E-state index contributed by atoms with van der Waals surface area (Å²) in [4.78, 5) is 24.7. The number of fused-ring (bicyclic) bond motifs is 1. The van der Waals surface area contributed by atoms with E-state index in [4.69, 9.17) is 10.5 Å². The third-order valence-corrected chi connectivity index (χ3v) is 5.17. The minimum absolute atomic E-state index is 0.305. The summed E-state index contributed by atoms with van der Waals surface area (Å²) in [5.74, 6) is -0.182. The predicted molar refractivity (Wildman–Crippen MR) is 103 cm³/mol. The Labute approximate surface area is 155 Å². The van der Waals surface area contributed by atoms with Crippen molar-refractivity contribution in [1.29, 1.82) is 0 Å². The summed E-state index contributed by atoms with van der Waals surface area (Å²) < 4.78 is 6.85. The number of ether oxygens (including phenoxy) is 1. The van der Waals surface area contributed by atoms with E-state index in [1.54, 1.807) is 6.92 Å². The zero-order valence-corrected chi connectivity index (χ0v) is 15.4. The van der Waals surface area contributed by atoms with Crippen LogP contribution in [0, 0.1) is 6.92 Å². The average Bonchev–Trinajstić information content (AvgIpc) is 2.95. The van der Waals surface area contributed by atoms with Gasteiger partial charge in [-0.1, -0.05) is 30.3 Å². The zero-order chi connectivity index (χ0) is 18.7. The third kappa shape index (κ3) is 3.86. The molecule has 0 radical (unpaired) electrons. The summed E-state index contributed by atoms with van der Waals surface area (Å²) in [6.07, 6.45) is 0. The summed E-state index contributed by atoms with van der Waals surface area (Å²) in [5.41, 5.74) is 6.87. The Kier molecular flexibility index (Phi) is 5.23. The van der Waals surface area contributed by atoms with Crippen LogP contribution in [0.25, 0.3) is 10.1 Å². The lowest BCUT2D eigenvalue weighted by atomic mass is 10.1. The van der Waals surface area contributed by atoms with Crippen LogP contribution in [-0.4, -0.2) is 17.9 Å². The molecule has 1 unspecified atom stereocenters. The Hall–Kier alpha value is -2.86. The third-order valence-electron chi connectivity index (χ3n) is 4.09. The largest absolute Gasteiger partial charge is 0.489 e. The number of aryl methyl sites for hydroxylation is 1. The van der Waals surface area contributed by atoms with E-state index >= 15 is 0 Å². The number of rotatable bonds is 6. The van der Waals surface area contributed by atoms with E-state index in [0.717, 1.165) is 20.5 Å². The van der Waals surface area contributed by atoms with Crippen molar-refractivity contribution < 1.29 is 14.3 Å². The fourth-order valence-electron chi connectivity index (χ4n) is 2.65. The van der Waals surface area contributed by atoms with Gasteiger partial charge in [0.1, 0.15) is 18.4 Å². The topological polar surface area (TPSA) is 81.4 Å². The maximum Gasteiger partial charge on any atom is 0.253 e. The number of carbonyl (C=O) groups excluding carboxylic acids is 2. The lowest BCUT2D eigenvalue weighted by Crippen LogP contribution is -2.42. The second kappa shape index (κ2) is 7.58. The van der Waals surface area contributed by atoms with Crippen molar-refractivity contribution in [2.45, 2.75) is 26.5 Å². The first-order chi connectivity index (χ1) is 12.5. The molecule has 0 aliphatic carbocycles. The van der Waals surface area contributed by atoms with Crippen LogP contribution in [0.15, 0.2) is 48.5 Å². The molecule has 2 amide bonds. The molecule has 1 heterocycles. The van der Waals surface area contributed by atoms with Gasteiger partial charge in [0.15, 0.2) is 0 Å². The minimum atomic E-state index is -0.727. The number of carbonyl (C=O) groups is 2. The monoisotopic (exact) mass is 368 g/mol. The van der Waals surface area contributed by atoms with Crippen LogP contribution in [-0.2, 0) is 11.4 Å². The standard InChI is InChI=1S/C20H20N2O3S/c1-12(19(21)23)22-20(24)18-13(2)26-17-9-8-15(10-16(17)18)25-11-14-6-4-3-5-7-14/h3-10,12H,11H2,1-2H3,(H2,21,23)(H,22,24). The molecular weight excluding hydrogens is 348 g/mol. The minimum Gasteiger partial charge on any atom is -0.489 e. The summed E-state index contributed by atoms with van der Waals surface area (Å²) in [7, 11) is 0. The molecule has 1 atom stereocenters. The Morgan fingerprint density at radius 2 is 1.92 bits per heavy atom. The van der Waals surface area contributed by atoms with Gasteiger partial charge in [-0.2, -0.15) is 0 Å². The van der Waals surface area contributed by atoms with Crippen molar-refractivity contribution in [3.8, 4) is 5.75 Å². The molecule has 5 nitrogen and oxygen atoms in total. The van der Waals surface area contributed by atoms with Crippen molar-refractivity contribution in [3.63, 3.8) is 0 Å². The summed E-state index contributed by atoms with van der Waals surface area (Å²) >= 11 is 1.53. The summed E-state index contributed by atoms with van der Waals surface area (Å²) in [6, 6.07) is 14.9. The number of nitrogens with two attached hydrogens (primary N) is 1. The molecule has 26 heavy (non-hydrogen) atoms. The first kappa shape index (κ1) is 17.9. The maximum absolute atomic E-state index is 12.6.